The quantitative estimate of drug-likeness (QED) is 0.755. The molecule has 6 nitrogen and oxygen atoms in total. The van der Waals surface area contributed by atoms with Gasteiger partial charge in [0.1, 0.15) is 12.4 Å². The first-order valence-electron chi connectivity index (χ1n) is 7.17. The minimum atomic E-state index is -2.54. The van der Waals surface area contributed by atoms with Gasteiger partial charge in [0.2, 0.25) is 0 Å². The Morgan fingerprint density at radius 1 is 1.33 bits per heavy atom. The monoisotopic (exact) mass is 342 g/mol. The zero-order chi connectivity index (χ0) is 17.7. The minimum absolute atomic E-state index is 0.247. The fourth-order valence-corrected chi connectivity index (χ4v) is 2.07. The van der Waals surface area contributed by atoms with Crippen LogP contribution >= 0.6 is 0 Å². The molecule has 1 aromatic heterocycles. The van der Waals surface area contributed by atoms with Gasteiger partial charge in [-0.25, -0.2) is 18.0 Å². The van der Waals surface area contributed by atoms with E-state index in [1.165, 1.54) is 36.7 Å². The van der Waals surface area contributed by atoms with Gasteiger partial charge >= 0.3 is 6.03 Å². The number of alkyl halides is 2. The molecule has 0 spiro atoms. The number of amides is 2. The second-order valence-electron chi connectivity index (χ2n) is 5.23. The number of aliphatic hydroxyl groups is 1. The second-order valence-corrected chi connectivity index (χ2v) is 5.23. The average molecular weight is 342 g/mol. The number of nitrogens with zero attached hydrogens (tertiary/aromatic N) is 2. The van der Waals surface area contributed by atoms with E-state index >= 15 is 0 Å². The molecule has 130 valence electrons. The molecule has 3 N–H and O–H groups in total. The Balaban J connectivity index is 1.89. The topological polar surface area (TPSA) is 79.2 Å². The van der Waals surface area contributed by atoms with E-state index in [0.29, 0.717) is 5.56 Å². The van der Waals surface area contributed by atoms with Crippen molar-refractivity contribution in [3.63, 3.8) is 0 Å². The number of carbonyl (C=O) groups excluding carboxylic acids is 1. The zero-order valence-corrected chi connectivity index (χ0v) is 12.8. The summed E-state index contributed by atoms with van der Waals surface area (Å²) in [5, 5.41) is 18.8. The molecule has 24 heavy (non-hydrogen) atoms. The number of aromatic nitrogens is 2. The van der Waals surface area contributed by atoms with Crippen LogP contribution in [0.2, 0.25) is 0 Å². The van der Waals surface area contributed by atoms with E-state index in [2.05, 4.69) is 15.7 Å². The number of anilines is 1. The SMILES string of the molecule is CC(NC(=O)Nc1cnn(CC(F)F)c1)C(O)c1ccc(F)cc1. The third kappa shape index (κ3) is 4.98. The van der Waals surface area contributed by atoms with Crippen molar-refractivity contribution in [2.75, 3.05) is 5.32 Å². The predicted molar refractivity (Wildman–Crippen MR) is 81.2 cm³/mol. The molecule has 0 bridgehead atoms. The first-order valence-corrected chi connectivity index (χ1v) is 7.17. The number of benzene rings is 1. The average Bonchev–Trinajstić information content (AvgIpc) is 2.93. The van der Waals surface area contributed by atoms with Crippen LogP contribution in [0.5, 0.6) is 0 Å². The molecular formula is C15H17F3N4O2. The van der Waals surface area contributed by atoms with E-state index in [-0.39, 0.29) is 5.69 Å². The van der Waals surface area contributed by atoms with Crippen LogP contribution in [0.3, 0.4) is 0 Å². The molecule has 0 fully saturated rings. The molecule has 1 aromatic carbocycles. The molecule has 2 unspecified atom stereocenters. The van der Waals surface area contributed by atoms with E-state index in [1.807, 2.05) is 0 Å². The van der Waals surface area contributed by atoms with E-state index in [9.17, 15) is 23.1 Å². The summed E-state index contributed by atoms with van der Waals surface area (Å²) in [7, 11) is 0. The molecule has 0 aliphatic heterocycles. The van der Waals surface area contributed by atoms with E-state index in [0.717, 1.165) is 4.68 Å². The molecule has 2 atom stereocenters. The zero-order valence-electron chi connectivity index (χ0n) is 12.8. The summed E-state index contributed by atoms with van der Waals surface area (Å²) in [5.74, 6) is -0.426. The van der Waals surface area contributed by atoms with Gasteiger partial charge in [0.05, 0.1) is 24.0 Å². The maximum atomic E-state index is 12.9. The third-order valence-electron chi connectivity index (χ3n) is 3.26. The number of hydrogen-bond acceptors (Lipinski definition) is 3. The van der Waals surface area contributed by atoms with Crippen LogP contribution in [0.1, 0.15) is 18.6 Å². The van der Waals surface area contributed by atoms with Crippen molar-refractivity contribution in [3.8, 4) is 0 Å². The predicted octanol–water partition coefficient (Wildman–Crippen LogP) is 2.53. The Morgan fingerprint density at radius 2 is 2.00 bits per heavy atom. The van der Waals surface area contributed by atoms with Gasteiger partial charge in [0, 0.05) is 6.20 Å². The lowest BCUT2D eigenvalue weighted by molar-refractivity contribution is 0.122. The molecule has 9 heteroatoms. The molecular weight excluding hydrogens is 325 g/mol. The summed E-state index contributed by atoms with van der Waals surface area (Å²) in [6.07, 6.45) is -1.06. The largest absolute Gasteiger partial charge is 0.386 e. The number of carbonyl (C=O) groups is 1. The van der Waals surface area contributed by atoms with Crippen LogP contribution in [0.15, 0.2) is 36.7 Å². The van der Waals surface area contributed by atoms with Gasteiger partial charge in [0.25, 0.3) is 6.43 Å². The first-order chi connectivity index (χ1) is 11.3. The Hall–Kier alpha value is -2.55. The van der Waals surface area contributed by atoms with E-state index < -0.39 is 37.0 Å². The van der Waals surface area contributed by atoms with Gasteiger partial charge in [-0.1, -0.05) is 12.1 Å². The molecule has 2 aromatic rings. The molecule has 0 saturated heterocycles. The molecule has 2 rings (SSSR count). The van der Waals surface area contributed by atoms with Gasteiger partial charge in [-0.15, -0.1) is 0 Å². The van der Waals surface area contributed by atoms with Gasteiger partial charge in [-0.3, -0.25) is 4.68 Å². The number of halogens is 3. The highest BCUT2D eigenvalue weighted by Gasteiger charge is 2.19. The standard InChI is InChI=1S/C15H17F3N4O2/c1-9(14(23)10-2-4-11(16)5-3-10)20-15(24)21-12-6-19-22(7-12)8-13(17)18/h2-7,9,13-14,23H,8H2,1H3,(H2,20,21,24). The molecule has 0 radical (unpaired) electrons. The highest BCUT2D eigenvalue weighted by molar-refractivity contribution is 5.89. The number of aliphatic hydroxyl groups excluding tert-OH is 1. The van der Waals surface area contributed by atoms with Crippen molar-refractivity contribution in [2.45, 2.75) is 32.0 Å². The van der Waals surface area contributed by atoms with Crippen LogP contribution < -0.4 is 10.6 Å². The Labute approximate surface area is 136 Å². The van der Waals surface area contributed by atoms with E-state index in [4.69, 9.17) is 0 Å². The van der Waals surface area contributed by atoms with Crippen molar-refractivity contribution in [1.82, 2.24) is 15.1 Å². The smallest absolute Gasteiger partial charge is 0.319 e. The Kier molecular flexibility index (Phi) is 5.80. The number of nitrogens with one attached hydrogen (secondary N) is 2. The van der Waals surface area contributed by atoms with Crippen molar-refractivity contribution < 1.29 is 23.1 Å². The second kappa shape index (κ2) is 7.82. The van der Waals surface area contributed by atoms with Crippen molar-refractivity contribution >= 4 is 11.7 Å². The highest BCUT2D eigenvalue weighted by Crippen LogP contribution is 2.17. The van der Waals surface area contributed by atoms with Gasteiger partial charge in [-0.05, 0) is 24.6 Å². The number of hydrogen-bond donors (Lipinski definition) is 3. The summed E-state index contributed by atoms with van der Waals surface area (Å²) in [5.41, 5.74) is 0.700. The van der Waals surface area contributed by atoms with Crippen molar-refractivity contribution in [3.05, 3.63) is 48.0 Å². The van der Waals surface area contributed by atoms with Crippen LogP contribution in [-0.4, -0.2) is 33.4 Å². The Bertz CT molecular complexity index is 676. The lowest BCUT2D eigenvalue weighted by Gasteiger charge is -2.20. The normalized spacial score (nSPS) is 13.6. The molecule has 0 aliphatic carbocycles. The van der Waals surface area contributed by atoms with Crippen LogP contribution in [0, 0.1) is 5.82 Å². The maximum absolute atomic E-state index is 12.9. The van der Waals surface area contributed by atoms with Crippen LogP contribution in [0.25, 0.3) is 0 Å². The molecule has 2 amide bonds. The van der Waals surface area contributed by atoms with Gasteiger partial charge in [0.15, 0.2) is 0 Å². The number of urea groups is 1. The highest BCUT2D eigenvalue weighted by atomic mass is 19.3. The molecule has 1 heterocycles. The lowest BCUT2D eigenvalue weighted by Crippen LogP contribution is -2.39. The third-order valence-corrected chi connectivity index (χ3v) is 3.26. The van der Waals surface area contributed by atoms with Gasteiger partial charge in [-0.2, -0.15) is 5.10 Å². The molecule has 0 saturated carbocycles. The summed E-state index contributed by atoms with van der Waals surface area (Å²) < 4.78 is 38.3. The van der Waals surface area contributed by atoms with Crippen molar-refractivity contribution in [1.29, 1.82) is 0 Å². The minimum Gasteiger partial charge on any atom is -0.386 e. The van der Waals surface area contributed by atoms with Gasteiger partial charge < -0.3 is 15.7 Å². The van der Waals surface area contributed by atoms with E-state index in [1.54, 1.807) is 6.92 Å². The summed E-state index contributed by atoms with van der Waals surface area (Å²) >= 11 is 0. The van der Waals surface area contributed by atoms with Crippen LogP contribution in [-0.2, 0) is 6.54 Å². The lowest BCUT2D eigenvalue weighted by atomic mass is 10.0. The van der Waals surface area contributed by atoms with Crippen molar-refractivity contribution in [2.24, 2.45) is 0 Å². The van der Waals surface area contributed by atoms with Crippen LogP contribution in [0.4, 0.5) is 23.7 Å². The maximum Gasteiger partial charge on any atom is 0.319 e. The number of rotatable bonds is 6. The fraction of sp³-hybridized carbons (Fsp3) is 0.333. The summed E-state index contributed by atoms with van der Waals surface area (Å²) in [6, 6.07) is 3.98. The summed E-state index contributed by atoms with van der Waals surface area (Å²) in [6.45, 7) is 1.01. The Morgan fingerprint density at radius 3 is 2.62 bits per heavy atom. The first kappa shape index (κ1) is 17.8. The summed E-state index contributed by atoms with van der Waals surface area (Å²) in [4.78, 5) is 11.9. The molecule has 0 aliphatic rings. The fourth-order valence-electron chi connectivity index (χ4n) is 2.07.